The van der Waals surface area contributed by atoms with Gasteiger partial charge in [-0.1, -0.05) is 38.3 Å². The smallest absolute Gasteiger partial charge is 0.119 e. The molecule has 1 N–H and O–H groups in total. The van der Waals surface area contributed by atoms with Gasteiger partial charge in [-0.15, -0.1) is 0 Å². The number of ether oxygens (including phenoxy) is 1. The fraction of sp³-hybridized carbons (Fsp3) is 0.714. The van der Waals surface area contributed by atoms with Gasteiger partial charge in [0, 0.05) is 13.1 Å². The average molecular weight is 332 g/mol. The van der Waals surface area contributed by atoms with E-state index < -0.39 is 6.10 Å². The second kappa shape index (κ2) is 8.87. The van der Waals surface area contributed by atoms with Crippen molar-refractivity contribution in [1.29, 1.82) is 0 Å². The Labute approximate surface area is 147 Å². The molecule has 3 heteroatoms. The summed E-state index contributed by atoms with van der Waals surface area (Å²) >= 11 is 0. The Morgan fingerprint density at radius 1 is 1.08 bits per heavy atom. The van der Waals surface area contributed by atoms with Gasteiger partial charge in [-0.05, 0) is 61.8 Å². The molecule has 3 nitrogen and oxygen atoms in total. The number of hydrogen-bond donors (Lipinski definition) is 1. The van der Waals surface area contributed by atoms with Gasteiger partial charge in [-0.25, -0.2) is 0 Å². The van der Waals surface area contributed by atoms with Crippen molar-refractivity contribution < 1.29 is 9.84 Å². The molecule has 3 rings (SSSR count). The van der Waals surface area contributed by atoms with Crippen LogP contribution in [-0.2, 0) is 0 Å². The highest BCUT2D eigenvalue weighted by Crippen LogP contribution is 2.33. The van der Waals surface area contributed by atoms with Crippen molar-refractivity contribution in [2.75, 3.05) is 26.2 Å². The molecule has 0 bridgehead atoms. The van der Waals surface area contributed by atoms with Crippen LogP contribution in [0.2, 0.25) is 0 Å². The maximum absolute atomic E-state index is 10.2. The molecule has 2 aliphatic rings. The number of hydrogen-bond acceptors (Lipinski definition) is 3. The van der Waals surface area contributed by atoms with Crippen molar-refractivity contribution in [2.24, 2.45) is 5.92 Å². The Morgan fingerprint density at radius 2 is 1.83 bits per heavy atom. The van der Waals surface area contributed by atoms with Crippen LogP contribution in [0.4, 0.5) is 0 Å². The summed E-state index contributed by atoms with van der Waals surface area (Å²) in [7, 11) is 0. The predicted octanol–water partition coefficient (Wildman–Crippen LogP) is 4.21. The molecule has 1 aromatic rings. The molecule has 0 aromatic heterocycles. The van der Waals surface area contributed by atoms with Crippen molar-refractivity contribution in [3.05, 3.63) is 29.8 Å². The molecule has 2 atom stereocenters. The zero-order chi connectivity index (χ0) is 16.8. The minimum absolute atomic E-state index is 0.383. The first kappa shape index (κ1) is 17.8. The van der Waals surface area contributed by atoms with Crippen molar-refractivity contribution in [2.45, 2.75) is 63.9 Å². The van der Waals surface area contributed by atoms with Gasteiger partial charge >= 0.3 is 0 Å². The Balaban J connectivity index is 1.42. The molecule has 134 valence electrons. The van der Waals surface area contributed by atoms with Crippen LogP contribution in [-0.4, -0.2) is 42.4 Å². The SMILES string of the molecule is C[C@@H]1CCCN(C[C@@H](O)COc2ccc(C3CCCCC3)cc2)C1. The van der Waals surface area contributed by atoms with Gasteiger partial charge < -0.3 is 14.7 Å². The number of rotatable bonds is 6. The third-order valence-electron chi connectivity index (χ3n) is 5.61. The summed E-state index contributed by atoms with van der Waals surface area (Å²) in [5, 5.41) is 10.2. The van der Waals surface area contributed by atoms with Gasteiger partial charge in [-0.2, -0.15) is 0 Å². The molecule has 1 heterocycles. The molecule has 2 fully saturated rings. The molecule has 0 unspecified atom stereocenters. The minimum Gasteiger partial charge on any atom is -0.491 e. The molecular formula is C21H33NO2. The molecule has 0 amide bonds. The third kappa shape index (κ3) is 5.22. The first-order valence-corrected chi connectivity index (χ1v) is 9.84. The second-order valence-electron chi connectivity index (χ2n) is 7.88. The molecule has 24 heavy (non-hydrogen) atoms. The maximum Gasteiger partial charge on any atom is 0.119 e. The summed E-state index contributed by atoms with van der Waals surface area (Å²) in [5.74, 6) is 2.36. The fourth-order valence-electron chi connectivity index (χ4n) is 4.27. The van der Waals surface area contributed by atoms with Gasteiger partial charge in [0.05, 0.1) is 0 Å². The number of likely N-dealkylation sites (tertiary alicyclic amines) is 1. The summed E-state index contributed by atoms with van der Waals surface area (Å²) in [4.78, 5) is 2.37. The van der Waals surface area contributed by atoms with E-state index in [1.807, 2.05) is 0 Å². The lowest BCUT2D eigenvalue weighted by atomic mass is 9.84. The van der Waals surface area contributed by atoms with Crippen LogP contribution in [0, 0.1) is 5.92 Å². The van der Waals surface area contributed by atoms with Crippen LogP contribution in [0.5, 0.6) is 5.75 Å². The topological polar surface area (TPSA) is 32.7 Å². The van der Waals surface area contributed by atoms with Crippen molar-refractivity contribution in [3.63, 3.8) is 0 Å². The zero-order valence-electron chi connectivity index (χ0n) is 15.1. The van der Waals surface area contributed by atoms with E-state index in [0.717, 1.165) is 37.2 Å². The van der Waals surface area contributed by atoms with E-state index in [0.29, 0.717) is 6.61 Å². The van der Waals surface area contributed by atoms with Gasteiger partial charge in [-0.3, -0.25) is 0 Å². The number of piperidine rings is 1. The third-order valence-corrected chi connectivity index (χ3v) is 5.61. The molecule has 1 saturated carbocycles. The van der Waals surface area contributed by atoms with E-state index in [9.17, 15) is 5.11 Å². The summed E-state index contributed by atoms with van der Waals surface area (Å²) in [5.41, 5.74) is 1.45. The maximum atomic E-state index is 10.2. The Morgan fingerprint density at radius 3 is 2.54 bits per heavy atom. The van der Waals surface area contributed by atoms with E-state index in [1.54, 1.807) is 0 Å². The zero-order valence-corrected chi connectivity index (χ0v) is 15.1. The lowest BCUT2D eigenvalue weighted by Crippen LogP contribution is -2.41. The number of aliphatic hydroxyl groups excluding tert-OH is 1. The average Bonchev–Trinajstić information content (AvgIpc) is 2.61. The van der Waals surface area contributed by atoms with Crippen LogP contribution in [0.25, 0.3) is 0 Å². The largest absolute Gasteiger partial charge is 0.491 e. The van der Waals surface area contributed by atoms with Gasteiger partial charge in [0.2, 0.25) is 0 Å². The monoisotopic (exact) mass is 331 g/mol. The lowest BCUT2D eigenvalue weighted by molar-refractivity contribution is 0.0537. The van der Waals surface area contributed by atoms with Crippen LogP contribution in [0.1, 0.15) is 63.4 Å². The van der Waals surface area contributed by atoms with E-state index >= 15 is 0 Å². The molecule has 1 aliphatic heterocycles. The highest BCUT2D eigenvalue weighted by atomic mass is 16.5. The fourth-order valence-corrected chi connectivity index (χ4v) is 4.27. The minimum atomic E-state index is -0.409. The second-order valence-corrected chi connectivity index (χ2v) is 7.88. The Kier molecular flexibility index (Phi) is 6.56. The van der Waals surface area contributed by atoms with Gasteiger partial charge in [0.15, 0.2) is 0 Å². The first-order valence-electron chi connectivity index (χ1n) is 9.84. The van der Waals surface area contributed by atoms with Crippen LogP contribution < -0.4 is 4.74 Å². The number of β-amino-alcohol motifs (C(OH)–C–C–N with tert-alkyl or cyclic N) is 1. The van der Waals surface area contributed by atoms with Gasteiger partial charge in [0.1, 0.15) is 18.5 Å². The highest BCUT2D eigenvalue weighted by Gasteiger charge is 2.19. The number of nitrogens with zero attached hydrogens (tertiary/aromatic N) is 1. The van der Waals surface area contributed by atoms with E-state index in [2.05, 4.69) is 36.1 Å². The number of aliphatic hydroxyl groups is 1. The van der Waals surface area contributed by atoms with Crippen LogP contribution >= 0.6 is 0 Å². The van der Waals surface area contributed by atoms with Gasteiger partial charge in [0.25, 0.3) is 0 Å². The van der Waals surface area contributed by atoms with Crippen LogP contribution in [0.3, 0.4) is 0 Å². The molecule has 0 radical (unpaired) electrons. The number of benzene rings is 1. The van der Waals surface area contributed by atoms with Crippen molar-refractivity contribution in [3.8, 4) is 5.75 Å². The summed E-state index contributed by atoms with van der Waals surface area (Å²) in [6.45, 7) is 5.62. The van der Waals surface area contributed by atoms with E-state index in [4.69, 9.17) is 4.74 Å². The van der Waals surface area contributed by atoms with E-state index in [-0.39, 0.29) is 0 Å². The molecule has 0 spiro atoms. The quantitative estimate of drug-likeness (QED) is 0.848. The normalized spacial score (nSPS) is 24.7. The highest BCUT2D eigenvalue weighted by molar-refractivity contribution is 5.29. The molecule has 1 aromatic carbocycles. The predicted molar refractivity (Wildman–Crippen MR) is 98.6 cm³/mol. The molecule has 1 aliphatic carbocycles. The lowest BCUT2D eigenvalue weighted by Gasteiger charge is -2.32. The Bertz CT molecular complexity index is 481. The van der Waals surface area contributed by atoms with E-state index in [1.165, 1.54) is 50.5 Å². The van der Waals surface area contributed by atoms with Crippen molar-refractivity contribution in [1.82, 2.24) is 4.90 Å². The van der Waals surface area contributed by atoms with Crippen LogP contribution in [0.15, 0.2) is 24.3 Å². The molecule has 1 saturated heterocycles. The summed E-state index contributed by atoms with van der Waals surface area (Å²) < 4.78 is 5.80. The standard InChI is InChI=1S/C21H33NO2/c1-17-6-5-13-22(14-17)15-20(23)16-24-21-11-9-19(10-12-21)18-7-3-2-4-8-18/h9-12,17-18,20,23H,2-8,13-16H2,1H3/t17-,20-/m1/s1. The molecular weight excluding hydrogens is 298 g/mol. The first-order chi connectivity index (χ1) is 11.7. The summed E-state index contributed by atoms with van der Waals surface area (Å²) in [6, 6.07) is 8.56. The Hall–Kier alpha value is -1.06. The summed E-state index contributed by atoms with van der Waals surface area (Å²) in [6.07, 6.45) is 8.93. The van der Waals surface area contributed by atoms with Crippen molar-refractivity contribution >= 4 is 0 Å².